The second kappa shape index (κ2) is 6.44. The second-order valence-electron chi connectivity index (χ2n) is 6.75. The topological polar surface area (TPSA) is 41.6 Å². The Labute approximate surface area is 122 Å². The minimum Gasteiger partial charge on any atom is -0.375 e. The third-order valence-electron chi connectivity index (χ3n) is 5.26. The molecule has 1 unspecified atom stereocenters. The number of hydrogen-bond acceptors (Lipinski definition) is 3. The zero-order valence-electron chi connectivity index (χ0n) is 12.5. The van der Waals surface area contributed by atoms with E-state index in [4.69, 9.17) is 4.74 Å². The fraction of sp³-hybridized carbons (Fsp3) is 0.938. The first kappa shape index (κ1) is 14.3. The van der Waals surface area contributed by atoms with Crippen molar-refractivity contribution < 1.29 is 9.53 Å². The van der Waals surface area contributed by atoms with Crippen LogP contribution in [0.2, 0.25) is 0 Å². The largest absolute Gasteiger partial charge is 0.375 e. The molecule has 0 bridgehead atoms. The molecule has 114 valence electrons. The van der Waals surface area contributed by atoms with E-state index in [2.05, 4.69) is 5.32 Å². The van der Waals surface area contributed by atoms with Crippen molar-refractivity contribution in [3.8, 4) is 0 Å². The van der Waals surface area contributed by atoms with Crippen LogP contribution in [0.4, 0.5) is 0 Å². The Morgan fingerprint density at radius 3 is 2.65 bits per heavy atom. The predicted octanol–water partition coefficient (Wildman–Crippen LogP) is 2.08. The van der Waals surface area contributed by atoms with Gasteiger partial charge in [-0.1, -0.05) is 19.3 Å². The van der Waals surface area contributed by atoms with Crippen LogP contribution in [0.3, 0.4) is 0 Å². The van der Waals surface area contributed by atoms with Crippen molar-refractivity contribution in [2.24, 2.45) is 0 Å². The summed E-state index contributed by atoms with van der Waals surface area (Å²) in [6, 6.07) is 0.466. The van der Waals surface area contributed by atoms with Gasteiger partial charge in [0.1, 0.15) is 0 Å². The molecule has 1 spiro atoms. The highest BCUT2D eigenvalue weighted by Gasteiger charge is 2.38. The van der Waals surface area contributed by atoms with Crippen LogP contribution >= 0.6 is 0 Å². The molecule has 3 aliphatic rings. The van der Waals surface area contributed by atoms with E-state index in [1.54, 1.807) is 0 Å². The van der Waals surface area contributed by atoms with Crippen molar-refractivity contribution in [3.63, 3.8) is 0 Å². The first-order chi connectivity index (χ1) is 9.77. The van der Waals surface area contributed by atoms with Gasteiger partial charge in [-0.05, 0) is 38.5 Å². The molecule has 4 nitrogen and oxygen atoms in total. The fourth-order valence-electron chi connectivity index (χ4n) is 4.06. The fourth-order valence-corrected chi connectivity index (χ4v) is 4.06. The second-order valence-corrected chi connectivity index (χ2v) is 6.75. The molecule has 2 heterocycles. The van der Waals surface area contributed by atoms with Crippen LogP contribution < -0.4 is 5.32 Å². The lowest BCUT2D eigenvalue weighted by Gasteiger charge is -2.43. The van der Waals surface area contributed by atoms with Gasteiger partial charge in [-0.25, -0.2) is 0 Å². The Bertz CT molecular complexity index is 328. The molecule has 20 heavy (non-hydrogen) atoms. The molecule has 2 saturated heterocycles. The molecule has 0 aromatic rings. The van der Waals surface area contributed by atoms with Crippen LogP contribution in [0.1, 0.15) is 57.8 Å². The lowest BCUT2D eigenvalue weighted by atomic mass is 9.78. The highest BCUT2D eigenvalue weighted by Crippen LogP contribution is 2.38. The van der Waals surface area contributed by atoms with E-state index in [0.717, 1.165) is 32.5 Å². The molecule has 3 rings (SSSR count). The van der Waals surface area contributed by atoms with Crippen molar-refractivity contribution in [2.75, 3.05) is 26.2 Å². The zero-order chi connectivity index (χ0) is 13.8. The molecule has 1 N–H and O–H groups in total. The van der Waals surface area contributed by atoms with Crippen molar-refractivity contribution in [2.45, 2.75) is 69.4 Å². The third kappa shape index (κ3) is 3.34. The van der Waals surface area contributed by atoms with E-state index >= 15 is 0 Å². The first-order valence-electron chi connectivity index (χ1n) is 8.43. The lowest BCUT2D eigenvalue weighted by Crippen LogP contribution is -2.50. The number of carbonyl (C=O) groups is 1. The Balaban J connectivity index is 1.46. The minimum atomic E-state index is 0.130. The number of hydrogen-bond donors (Lipinski definition) is 1. The Kier molecular flexibility index (Phi) is 4.61. The summed E-state index contributed by atoms with van der Waals surface area (Å²) in [5, 5.41) is 3.50. The Morgan fingerprint density at radius 1 is 1.15 bits per heavy atom. The van der Waals surface area contributed by atoms with E-state index in [9.17, 15) is 4.79 Å². The molecule has 2 aliphatic heterocycles. The van der Waals surface area contributed by atoms with Crippen molar-refractivity contribution in [1.29, 1.82) is 0 Å². The highest BCUT2D eigenvalue weighted by molar-refractivity contribution is 5.78. The third-order valence-corrected chi connectivity index (χ3v) is 5.26. The van der Waals surface area contributed by atoms with Crippen molar-refractivity contribution >= 4 is 5.91 Å². The summed E-state index contributed by atoms with van der Waals surface area (Å²) in [6.45, 7) is 3.28. The van der Waals surface area contributed by atoms with E-state index in [1.807, 2.05) is 4.90 Å². The van der Waals surface area contributed by atoms with Gasteiger partial charge < -0.3 is 15.0 Å². The molecule has 1 amide bonds. The highest BCUT2D eigenvalue weighted by atomic mass is 16.5. The zero-order valence-corrected chi connectivity index (χ0v) is 12.5. The van der Waals surface area contributed by atoms with Crippen molar-refractivity contribution in [1.82, 2.24) is 10.2 Å². The average Bonchev–Trinajstić information content (AvgIpc) is 3.00. The average molecular weight is 280 g/mol. The van der Waals surface area contributed by atoms with E-state index in [1.165, 1.54) is 44.9 Å². The first-order valence-corrected chi connectivity index (χ1v) is 8.43. The normalized spacial score (nSPS) is 29.8. The maximum absolute atomic E-state index is 12.1. The smallest absolute Gasteiger partial charge is 0.236 e. The number of rotatable bonds is 3. The van der Waals surface area contributed by atoms with E-state index in [-0.39, 0.29) is 11.5 Å². The molecule has 0 aromatic heterocycles. The maximum Gasteiger partial charge on any atom is 0.236 e. The van der Waals surface area contributed by atoms with Gasteiger partial charge in [0.15, 0.2) is 0 Å². The Hall–Kier alpha value is -0.610. The van der Waals surface area contributed by atoms with Gasteiger partial charge >= 0.3 is 0 Å². The molecular weight excluding hydrogens is 252 g/mol. The van der Waals surface area contributed by atoms with Crippen LogP contribution in [-0.2, 0) is 9.53 Å². The molecular formula is C16H28N2O2. The van der Waals surface area contributed by atoms with Gasteiger partial charge in [0.25, 0.3) is 0 Å². The van der Waals surface area contributed by atoms with Crippen LogP contribution in [-0.4, -0.2) is 48.7 Å². The van der Waals surface area contributed by atoms with Gasteiger partial charge in [0.2, 0.25) is 5.91 Å². The van der Waals surface area contributed by atoms with Gasteiger partial charge in [-0.3, -0.25) is 4.79 Å². The number of nitrogens with one attached hydrogen (secondary N) is 1. The van der Waals surface area contributed by atoms with Gasteiger partial charge in [-0.2, -0.15) is 0 Å². The summed E-state index contributed by atoms with van der Waals surface area (Å²) in [6.07, 6.45) is 10.9. The van der Waals surface area contributed by atoms with Crippen LogP contribution in [0.25, 0.3) is 0 Å². The number of amides is 1. The number of nitrogens with zero attached hydrogens (tertiary/aromatic N) is 1. The minimum absolute atomic E-state index is 0.130. The van der Waals surface area contributed by atoms with Crippen molar-refractivity contribution in [3.05, 3.63) is 0 Å². The van der Waals surface area contributed by atoms with Crippen LogP contribution in [0.15, 0.2) is 0 Å². The van der Waals surface area contributed by atoms with Gasteiger partial charge in [-0.15, -0.1) is 0 Å². The summed E-state index contributed by atoms with van der Waals surface area (Å²) >= 11 is 0. The summed E-state index contributed by atoms with van der Waals surface area (Å²) in [7, 11) is 0. The summed E-state index contributed by atoms with van der Waals surface area (Å²) in [5.74, 6) is 0.284. The van der Waals surface area contributed by atoms with Crippen LogP contribution in [0.5, 0.6) is 0 Å². The number of carbonyl (C=O) groups excluding carboxylic acids is 1. The molecule has 0 radical (unpaired) electrons. The standard InChI is InChI=1S/C16H28N2O2/c19-15(18-9-4-5-10-18)13-17-14-6-11-20-16(12-14)7-2-1-3-8-16/h14,17H,1-13H2. The van der Waals surface area contributed by atoms with E-state index in [0.29, 0.717) is 12.6 Å². The number of likely N-dealkylation sites (tertiary alicyclic amines) is 1. The molecule has 1 atom stereocenters. The summed E-state index contributed by atoms with van der Waals surface area (Å²) < 4.78 is 6.11. The molecule has 1 saturated carbocycles. The molecule has 1 aliphatic carbocycles. The number of ether oxygens (including phenoxy) is 1. The summed E-state index contributed by atoms with van der Waals surface area (Å²) in [5.41, 5.74) is 0.130. The van der Waals surface area contributed by atoms with Crippen LogP contribution in [0, 0.1) is 0 Å². The van der Waals surface area contributed by atoms with Gasteiger partial charge in [0.05, 0.1) is 12.1 Å². The molecule has 4 heteroatoms. The quantitative estimate of drug-likeness (QED) is 0.860. The van der Waals surface area contributed by atoms with Gasteiger partial charge in [0, 0.05) is 25.7 Å². The molecule has 3 fully saturated rings. The van der Waals surface area contributed by atoms with E-state index < -0.39 is 0 Å². The summed E-state index contributed by atoms with van der Waals surface area (Å²) in [4.78, 5) is 14.1. The monoisotopic (exact) mass is 280 g/mol. The predicted molar refractivity (Wildman–Crippen MR) is 78.6 cm³/mol. The maximum atomic E-state index is 12.1. The Morgan fingerprint density at radius 2 is 1.90 bits per heavy atom. The SMILES string of the molecule is O=C(CNC1CCOC2(CCCCC2)C1)N1CCCC1. The lowest BCUT2D eigenvalue weighted by molar-refractivity contribution is -0.130. The molecule has 0 aromatic carbocycles.